The van der Waals surface area contributed by atoms with Gasteiger partial charge in [-0.05, 0) is 39.0 Å². The molecule has 0 spiro atoms. The number of amides is 1. The molecule has 0 fully saturated rings. The van der Waals surface area contributed by atoms with Crippen LogP contribution in [-0.4, -0.2) is 32.6 Å². The maximum absolute atomic E-state index is 11.7. The van der Waals surface area contributed by atoms with E-state index in [4.69, 9.17) is 9.84 Å². The Labute approximate surface area is 127 Å². The highest BCUT2D eigenvalue weighted by molar-refractivity contribution is 5.89. The van der Waals surface area contributed by atoms with Crippen molar-refractivity contribution in [3.05, 3.63) is 24.4 Å². The summed E-state index contributed by atoms with van der Waals surface area (Å²) in [5.41, 5.74) is 0.773. The minimum absolute atomic E-state index is 0.0109. The second kappa shape index (κ2) is 6.05. The van der Waals surface area contributed by atoms with Gasteiger partial charge in [0.1, 0.15) is 5.60 Å². The van der Waals surface area contributed by atoms with Crippen LogP contribution < -0.4 is 5.32 Å². The molecule has 1 aromatic carbocycles. The van der Waals surface area contributed by atoms with Gasteiger partial charge >= 0.3 is 12.1 Å². The minimum atomic E-state index is -0.869. The monoisotopic (exact) mass is 305 g/mol. The molecule has 2 rings (SSSR count). The molecule has 1 aromatic heterocycles. The first-order valence-corrected chi connectivity index (χ1v) is 6.92. The summed E-state index contributed by atoms with van der Waals surface area (Å²) in [6.07, 6.45) is 1.24. The summed E-state index contributed by atoms with van der Waals surface area (Å²) in [5, 5.41) is 16.4. The van der Waals surface area contributed by atoms with Crippen molar-refractivity contribution in [2.24, 2.45) is 0 Å². The topological polar surface area (TPSA) is 93.5 Å². The first-order chi connectivity index (χ1) is 10.2. The number of benzene rings is 1. The first-order valence-electron chi connectivity index (χ1n) is 6.92. The quantitative estimate of drug-likeness (QED) is 0.906. The Morgan fingerprint density at radius 2 is 2.09 bits per heavy atom. The van der Waals surface area contributed by atoms with Crippen LogP contribution in [0, 0.1) is 0 Å². The number of rotatable bonds is 4. The maximum Gasteiger partial charge on any atom is 0.412 e. The molecule has 0 bridgehead atoms. The number of anilines is 1. The molecular formula is C15H19N3O4. The SMILES string of the molecule is CC(C)(C)OC(=O)Nc1ccc2nn(CCC(=O)O)cc2c1. The summed E-state index contributed by atoms with van der Waals surface area (Å²) in [6, 6.07) is 5.25. The zero-order valence-corrected chi connectivity index (χ0v) is 12.8. The van der Waals surface area contributed by atoms with Crippen LogP contribution in [0.25, 0.3) is 10.9 Å². The number of hydrogen-bond donors (Lipinski definition) is 2. The lowest BCUT2D eigenvalue weighted by molar-refractivity contribution is -0.137. The number of hydrogen-bond acceptors (Lipinski definition) is 4. The molecule has 7 heteroatoms. The normalized spacial score (nSPS) is 11.4. The second-order valence-electron chi connectivity index (χ2n) is 5.94. The predicted octanol–water partition coefficient (Wildman–Crippen LogP) is 2.86. The lowest BCUT2D eigenvalue weighted by Crippen LogP contribution is -2.27. The largest absolute Gasteiger partial charge is 0.481 e. The summed E-state index contributed by atoms with van der Waals surface area (Å²) in [5.74, 6) is -0.869. The number of aromatic nitrogens is 2. The molecule has 2 aromatic rings. The molecule has 0 aliphatic rings. The van der Waals surface area contributed by atoms with Gasteiger partial charge in [0.2, 0.25) is 0 Å². The van der Waals surface area contributed by atoms with Crippen LogP contribution in [-0.2, 0) is 16.1 Å². The molecule has 0 unspecified atom stereocenters. The van der Waals surface area contributed by atoms with Crippen molar-refractivity contribution in [3.63, 3.8) is 0 Å². The highest BCUT2D eigenvalue weighted by atomic mass is 16.6. The van der Waals surface area contributed by atoms with Crippen LogP contribution in [0.3, 0.4) is 0 Å². The molecule has 0 aliphatic heterocycles. The van der Waals surface area contributed by atoms with Gasteiger partial charge in [0.05, 0.1) is 18.5 Å². The van der Waals surface area contributed by atoms with Gasteiger partial charge in [-0.15, -0.1) is 0 Å². The van der Waals surface area contributed by atoms with Crippen molar-refractivity contribution in [2.75, 3.05) is 5.32 Å². The highest BCUT2D eigenvalue weighted by Gasteiger charge is 2.16. The van der Waals surface area contributed by atoms with Crippen molar-refractivity contribution in [2.45, 2.75) is 39.3 Å². The van der Waals surface area contributed by atoms with Crippen molar-refractivity contribution in [1.82, 2.24) is 9.78 Å². The number of nitrogens with one attached hydrogen (secondary N) is 1. The molecule has 1 heterocycles. The third kappa shape index (κ3) is 4.47. The van der Waals surface area contributed by atoms with E-state index in [0.29, 0.717) is 12.2 Å². The molecule has 7 nitrogen and oxygen atoms in total. The van der Waals surface area contributed by atoms with Crippen LogP contribution in [0.5, 0.6) is 0 Å². The summed E-state index contributed by atoms with van der Waals surface area (Å²) in [7, 11) is 0. The molecule has 0 atom stereocenters. The van der Waals surface area contributed by atoms with Gasteiger partial charge in [0.25, 0.3) is 0 Å². The number of aryl methyl sites for hydroxylation is 1. The fraction of sp³-hybridized carbons (Fsp3) is 0.400. The molecule has 0 saturated carbocycles. The zero-order valence-electron chi connectivity index (χ0n) is 12.8. The summed E-state index contributed by atoms with van der Waals surface area (Å²) >= 11 is 0. The van der Waals surface area contributed by atoms with E-state index in [-0.39, 0.29) is 6.42 Å². The fourth-order valence-electron chi connectivity index (χ4n) is 1.90. The Balaban J connectivity index is 2.09. The number of nitrogens with zero attached hydrogens (tertiary/aromatic N) is 2. The second-order valence-corrected chi connectivity index (χ2v) is 5.94. The number of ether oxygens (including phenoxy) is 1. The van der Waals surface area contributed by atoms with Gasteiger partial charge < -0.3 is 9.84 Å². The van der Waals surface area contributed by atoms with E-state index in [1.807, 2.05) is 0 Å². The van der Waals surface area contributed by atoms with Gasteiger partial charge in [-0.3, -0.25) is 14.8 Å². The van der Waals surface area contributed by atoms with Crippen LogP contribution in [0.15, 0.2) is 24.4 Å². The number of carbonyl (C=O) groups excluding carboxylic acids is 1. The zero-order chi connectivity index (χ0) is 16.3. The standard InChI is InChI=1S/C15H19N3O4/c1-15(2,3)22-14(21)16-11-4-5-12-10(8-11)9-18(17-12)7-6-13(19)20/h4-5,8-9H,6-7H2,1-3H3,(H,16,21)(H,19,20). The predicted molar refractivity (Wildman–Crippen MR) is 81.8 cm³/mol. The molecule has 118 valence electrons. The van der Waals surface area contributed by atoms with E-state index in [1.54, 1.807) is 49.8 Å². The van der Waals surface area contributed by atoms with Gasteiger partial charge in [-0.1, -0.05) is 0 Å². The minimum Gasteiger partial charge on any atom is -0.481 e. The van der Waals surface area contributed by atoms with Crippen LogP contribution in [0.2, 0.25) is 0 Å². The van der Waals surface area contributed by atoms with Gasteiger partial charge in [-0.2, -0.15) is 5.10 Å². The van der Waals surface area contributed by atoms with Crippen molar-refractivity contribution < 1.29 is 19.4 Å². The van der Waals surface area contributed by atoms with Crippen LogP contribution in [0.1, 0.15) is 27.2 Å². The van der Waals surface area contributed by atoms with Crippen molar-refractivity contribution in [1.29, 1.82) is 0 Å². The number of carboxylic acids is 1. The number of fused-ring (bicyclic) bond motifs is 1. The number of carboxylic acid groups (broad SMARTS) is 1. The van der Waals surface area contributed by atoms with Crippen LogP contribution in [0.4, 0.5) is 10.5 Å². The Hall–Kier alpha value is -2.57. The van der Waals surface area contributed by atoms with E-state index >= 15 is 0 Å². The third-order valence-electron chi connectivity index (χ3n) is 2.75. The van der Waals surface area contributed by atoms with Gasteiger partial charge in [0.15, 0.2) is 0 Å². The van der Waals surface area contributed by atoms with E-state index in [9.17, 15) is 9.59 Å². The van der Waals surface area contributed by atoms with Crippen LogP contribution >= 0.6 is 0 Å². The number of carbonyl (C=O) groups is 2. The molecule has 0 radical (unpaired) electrons. The fourth-order valence-corrected chi connectivity index (χ4v) is 1.90. The average molecular weight is 305 g/mol. The molecule has 0 aliphatic carbocycles. The summed E-state index contributed by atoms with van der Waals surface area (Å²) in [4.78, 5) is 22.3. The highest BCUT2D eigenvalue weighted by Crippen LogP contribution is 2.19. The Morgan fingerprint density at radius 3 is 2.73 bits per heavy atom. The smallest absolute Gasteiger partial charge is 0.412 e. The molecular weight excluding hydrogens is 286 g/mol. The Morgan fingerprint density at radius 1 is 1.36 bits per heavy atom. The van der Waals surface area contributed by atoms with Crippen molar-refractivity contribution >= 4 is 28.7 Å². The van der Waals surface area contributed by atoms with Crippen molar-refractivity contribution in [3.8, 4) is 0 Å². The summed E-state index contributed by atoms with van der Waals surface area (Å²) in [6.45, 7) is 5.69. The van der Waals surface area contributed by atoms with E-state index < -0.39 is 17.7 Å². The summed E-state index contributed by atoms with van der Waals surface area (Å²) < 4.78 is 6.77. The Kier molecular flexibility index (Phi) is 4.35. The average Bonchev–Trinajstić information content (AvgIpc) is 2.76. The third-order valence-corrected chi connectivity index (χ3v) is 2.75. The van der Waals surface area contributed by atoms with Gasteiger partial charge in [-0.25, -0.2) is 4.79 Å². The lowest BCUT2D eigenvalue weighted by Gasteiger charge is -2.19. The van der Waals surface area contributed by atoms with E-state index in [0.717, 1.165) is 10.9 Å². The maximum atomic E-state index is 11.7. The lowest BCUT2D eigenvalue weighted by atomic mass is 10.2. The van der Waals surface area contributed by atoms with E-state index in [2.05, 4.69) is 10.4 Å². The first kappa shape index (κ1) is 15.8. The molecule has 2 N–H and O–H groups in total. The molecule has 22 heavy (non-hydrogen) atoms. The molecule has 0 saturated heterocycles. The van der Waals surface area contributed by atoms with Gasteiger partial charge in [0, 0.05) is 17.3 Å². The van der Waals surface area contributed by atoms with E-state index in [1.165, 1.54) is 0 Å². The number of aliphatic carboxylic acids is 1. The molecule has 1 amide bonds. The Bertz CT molecular complexity index is 700.